The highest BCUT2D eigenvalue weighted by Crippen LogP contribution is 2.70. The molecule has 7 rings (SSSR count). The van der Waals surface area contributed by atoms with Gasteiger partial charge in [-0.05, 0) is 91.6 Å². The van der Waals surface area contributed by atoms with E-state index in [0.717, 1.165) is 17.9 Å². The molecule has 10 unspecified atom stereocenters. The lowest BCUT2D eigenvalue weighted by Crippen LogP contribution is -2.48. The molecule has 3 nitrogen and oxygen atoms in total. The van der Waals surface area contributed by atoms with Gasteiger partial charge in [0.15, 0.2) is 0 Å². The van der Waals surface area contributed by atoms with Crippen molar-refractivity contribution in [3.05, 3.63) is 96.7 Å². The van der Waals surface area contributed by atoms with Gasteiger partial charge >= 0.3 is 0 Å². The number of rotatable bonds is 10. The monoisotopic (exact) mass is 621 g/mol. The molecule has 45 heavy (non-hydrogen) atoms. The van der Waals surface area contributed by atoms with E-state index in [0.29, 0.717) is 53.0 Å². The van der Waals surface area contributed by atoms with E-state index in [9.17, 15) is 0 Å². The number of anilines is 1. The Labute approximate surface area is 273 Å². The van der Waals surface area contributed by atoms with Crippen molar-refractivity contribution in [1.82, 2.24) is 0 Å². The van der Waals surface area contributed by atoms with Crippen molar-refractivity contribution >= 4 is 13.8 Å². The van der Waals surface area contributed by atoms with Gasteiger partial charge in [0.25, 0.3) is 0 Å². The van der Waals surface area contributed by atoms with Crippen LogP contribution in [0.1, 0.15) is 57.9 Å². The van der Waals surface area contributed by atoms with Crippen LogP contribution in [0.2, 0.25) is 23.7 Å². The smallest absolute Gasteiger partial charge is 0.119 e. The molecule has 10 atom stereocenters. The Kier molecular flexibility index (Phi) is 8.44. The summed E-state index contributed by atoms with van der Waals surface area (Å²) in [5, 5.41) is 0. The molecule has 240 valence electrons. The Bertz CT molecular complexity index is 1400. The Morgan fingerprint density at radius 1 is 0.711 bits per heavy atom. The Balaban J connectivity index is 1.27. The standard InChI is InChI=1S/C41H55NO2Si/c1-41(2,3)44-25-15-7-8-16-26-45(6,39-32-20-12-9-17-29(32)30-18-10-13-21-33(30)39)40-34-22-14-11-19-31(34)38-37(40)35-27-28(43-5)23-24-36(35)42(38)4/h9-14,17-24,27,29-34,37-40H,7-8,15-16,25-26H2,1-6H3. The third-order valence-corrected chi connectivity index (χ3v) is 18.6. The number of nitrogens with zero attached hydrogens (tertiary/aromatic N) is 1. The summed E-state index contributed by atoms with van der Waals surface area (Å²) in [6, 6.07) is 8.84. The number of methoxy groups -OCH3 is 1. The first-order chi connectivity index (χ1) is 21.7. The van der Waals surface area contributed by atoms with Crippen LogP contribution in [-0.2, 0) is 4.74 Å². The summed E-state index contributed by atoms with van der Waals surface area (Å²) in [4.78, 5) is 2.65. The van der Waals surface area contributed by atoms with Crippen molar-refractivity contribution in [1.29, 1.82) is 0 Å². The summed E-state index contributed by atoms with van der Waals surface area (Å²) >= 11 is 0. The molecule has 0 amide bonds. The minimum atomic E-state index is -1.97. The maximum atomic E-state index is 6.08. The fourth-order valence-corrected chi connectivity index (χ4v) is 17.9. The van der Waals surface area contributed by atoms with Crippen LogP contribution in [0.5, 0.6) is 5.75 Å². The molecular weight excluding hydrogens is 567 g/mol. The summed E-state index contributed by atoms with van der Waals surface area (Å²) in [5.74, 6) is 5.24. The quantitative estimate of drug-likeness (QED) is 0.192. The average Bonchev–Trinajstić information content (AvgIpc) is 3.66. The zero-order valence-corrected chi connectivity index (χ0v) is 29.4. The Morgan fingerprint density at radius 3 is 1.87 bits per heavy atom. The van der Waals surface area contributed by atoms with Gasteiger partial charge in [-0.2, -0.15) is 0 Å². The number of allylic oxidation sites excluding steroid dienone is 11. The SMILES string of the molecule is COc1ccc2c(c1)C1C(C3C=CC=CC3C1[Si](C)(CCCCCCOC(C)(C)C)C1C3C=CC=CC3C3C=CC=CC31)N2C. The van der Waals surface area contributed by atoms with E-state index < -0.39 is 8.07 Å². The van der Waals surface area contributed by atoms with Crippen LogP contribution in [0.15, 0.2) is 91.1 Å². The van der Waals surface area contributed by atoms with Crippen LogP contribution in [0.25, 0.3) is 0 Å². The van der Waals surface area contributed by atoms with Crippen molar-refractivity contribution in [2.75, 3.05) is 25.7 Å². The number of likely N-dealkylation sites (N-methyl/N-ethyl adjacent to an activating group) is 1. The second-order valence-corrected chi connectivity index (χ2v) is 20.9. The highest BCUT2D eigenvalue weighted by molar-refractivity contribution is 6.82. The molecule has 0 radical (unpaired) electrons. The fraction of sp³-hybridized carbons (Fsp3) is 0.561. The third kappa shape index (κ3) is 5.38. The van der Waals surface area contributed by atoms with Crippen molar-refractivity contribution in [2.45, 2.75) is 87.7 Å². The van der Waals surface area contributed by atoms with Crippen LogP contribution in [0.4, 0.5) is 5.69 Å². The Morgan fingerprint density at radius 2 is 1.27 bits per heavy atom. The lowest BCUT2D eigenvalue weighted by molar-refractivity contribution is -0.00471. The van der Waals surface area contributed by atoms with Crippen molar-refractivity contribution in [3.8, 4) is 5.75 Å². The van der Waals surface area contributed by atoms with E-state index in [1.807, 2.05) is 7.11 Å². The van der Waals surface area contributed by atoms with Gasteiger partial charge < -0.3 is 14.4 Å². The van der Waals surface area contributed by atoms with Crippen LogP contribution < -0.4 is 9.64 Å². The molecule has 1 aromatic carbocycles. The van der Waals surface area contributed by atoms with E-state index in [1.165, 1.54) is 37.4 Å². The molecule has 0 N–H and O–H groups in total. The predicted molar refractivity (Wildman–Crippen MR) is 192 cm³/mol. The van der Waals surface area contributed by atoms with Crippen LogP contribution in [0, 0.1) is 35.5 Å². The number of ether oxygens (including phenoxy) is 2. The van der Waals surface area contributed by atoms with Gasteiger partial charge in [-0.25, -0.2) is 0 Å². The van der Waals surface area contributed by atoms with E-state index in [-0.39, 0.29) is 5.60 Å². The largest absolute Gasteiger partial charge is 0.497 e. The van der Waals surface area contributed by atoms with Crippen LogP contribution in [0.3, 0.4) is 0 Å². The molecule has 6 aliphatic rings. The molecule has 1 aromatic rings. The van der Waals surface area contributed by atoms with Crippen LogP contribution in [-0.4, -0.2) is 40.5 Å². The second kappa shape index (κ2) is 12.2. The first kappa shape index (κ1) is 31.1. The molecule has 0 spiro atoms. The average molecular weight is 622 g/mol. The lowest BCUT2D eigenvalue weighted by atomic mass is 9.83. The molecule has 0 saturated heterocycles. The van der Waals surface area contributed by atoms with Crippen molar-refractivity contribution in [3.63, 3.8) is 0 Å². The van der Waals surface area contributed by atoms with Gasteiger partial charge in [0.2, 0.25) is 0 Å². The third-order valence-electron chi connectivity index (χ3n) is 12.6. The lowest BCUT2D eigenvalue weighted by Gasteiger charge is -2.48. The maximum Gasteiger partial charge on any atom is 0.119 e. The minimum absolute atomic E-state index is 0.0457. The molecule has 1 aliphatic heterocycles. The predicted octanol–water partition coefficient (Wildman–Crippen LogP) is 9.89. The van der Waals surface area contributed by atoms with Crippen molar-refractivity contribution in [2.24, 2.45) is 35.5 Å². The first-order valence-electron chi connectivity index (χ1n) is 17.8. The molecule has 1 heterocycles. The number of unbranched alkanes of at least 4 members (excludes halogenated alkanes) is 3. The zero-order valence-electron chi connectivity index (χ0n) is 28.4. The molecule has 0 aromatic heterocycles. The number of hydrogen-bond donors (Lipinski definition) is 0. The first-order valence-corrected chi connectivity index (χ1v) is 20.7. The molecule has 2 fully saturated rings. The maximum absolute atomic E-state index is 6.08. The summed E-state index contributed by atoms with van der Waals surface area (Å²) < 4.78 is 11.9. The fourth-order valence-electron chi connectivity index (χ4n) is 11.0. The van der Waals surface area contributed by atoms with Gasteiger partial charge in [-0.1, -0.05) is 105 Å². The summed E-state index contributed by atoms with van der Waals surface area (Å²) in [6.45, 7) is 10.3. The number of fused-ring (bicyclic) bond motifs is 8. The molecule has 2 saturated carbocycles. The highest BCUT2D eigenvalue weighted by Gasteiger charge is 2.65. The van der Waals surface area contributed by atoms with Gasteiger partial charge in [0, 0.05) is 37.2 Å². The van der Waals surface area contributed by atoms with Gasteiger partial charge in [0.05, 0.1) is 20.8 Å². The van der Waals surface area contributed by atoms with Gasteiger partial charge in [0.1, 0.15) is 5.75 Å². The molecule has 0 bridgehead atoms. The van der Waals surface area contributed by atoms with E-state index in [1.54, 1.807) is 5.56 Å². The van der Waals surface area contributed by atoms with Gasteiger partial charge in [-0.3, -0.25) is 0 Å². The Hall–Kier alpha value is -2.56. The normalized spacial score (nSPS) is 36.4. The van der Waals surface area contributed by atoms with Crippen LogP contribution >= 0.6 is 0 Å². The van der Waals surface area contributed by atoms with E-state index >= 15 is 0 Å². The van der Waals surface area contributed by atoms with E-state index in [4.69, 9.17) is 9.47 Å². The topological polar surface area (TPSA) is 21.7 Å². The second-order valence-electron chi connectivity index (χ2n) is 16.0. The number of benzene rings is 1. The minimum Gasteiger partial charge on any atom is -0.497 e. The highest BCUT2D eigenvalue weighted by atomic mass is 28.3. The molecule has 4 heteroatoms. The van der Waals surface area contributed by atoms with E-state index in [2.05, 4.69) is 130 Å². The number of hydrogen-bond acceptors (Lipinski definition) is 3. The zero-order chi connectivity index (χ0) is 31.3. The van der Waals surface area contributed by atoms with Crippen molar-refractivity contribution < 1.29 is 9.47 Å². The summed E-state index contributed by atoms with van der Waals surface area (Å²) in [7, 11) is 2.22. The molecule has 5 aliphatic carbocycles. The summed E-state index contributed by atoms with van der Waals surface area (Å²) in [6.07, 6.45) is 34.8. The van der Waals surface area contributed by atoms with Gasteiger partial charge in [-0.15, -0.1) is 0 Å². The molecular formula is C41H55NO2Si. The summed E-state index contributed by atoms with van der Waals surface area (Å²) in [5.41, 5.74) is 4.36.